The molecule has 1 aromatic carbocycles. The Balaban J connectivity index is 1.83. The first kappa shape index (κ1) is 22.7. The number of esters is 1. The fraction of sp³-hybridized carbons (Fsp3) is 0.318. The molecule has 2 rings (SSSR count). The summed E-state index contributed by atoms with van der Waals surface area (Å²) in [6.07, 6.45) is 3.50. The number of amides is 2. The summed E-state index contributed by atoms with van der Waals surface area (Å²) in [5.74, 6) is 0.370. The predicted octanol–water partition coefficient (Wildman–Crippen LogP) is 3.27. The van der Waals surface area contributed by atoms with E-state index in [1.165, 1.54) is 25.3 Å². The number of methoxy groups -OCH3 is 1. The van der Waals surface area contributed by atoms with Gasteiger partial charge in [-0.1, -0.05) is 13.8 Å². The summed E-state index contributed by atoms with van der Waals surface area (Å²) >= 11 is 0. The van der Waals surface area contributed by atoms with E-state index in [0.717, 1.165) is 6.42 Å². The van der Waals surface area contributed by atoms with Crippen LogP contribution in [0.1, 0.15) is 52.5 Å². The maximum atomic E-state index is 12.1. The third-order valence-electron chi connectivity index (χ3n) is 4.12. The smallest absolute Gasteiger partial charge is 0.341 e. The van der Waals surface area contributed by atoms with Crippen LogP contribution in [0.5, 0.6) is 5.75 Å². The largest absolute Gasteiger partial charge is 0.494 e. The normalized spacial score (nSPS) is 10.8. The van der Waals surface area contributed by atoms with Crippen LogP contribution in [0.4, 0.5) is 0 Å². The predicted molar refractivity (Wildman–Crippen MR) is 111 cm³/mol. The summed E-state index contributed by atoms with van der Waals surface area (Å²) in [4.78, 5) is 35.6. The van der Waals surface area contributed by atoms with Gasteiger partial charge in [-0.15, -0.1) is 0 Å². The number of aryl methyl sites for hydroxylation is 1. The Morgan fingerprint density at radius 1 is 1.13 bits per heavy atom. The molecule has 2 amide bonds. The Hall–Kier alpha value is -3.55. The summed E-state index contributed by atoms with van der Waals surface area (Å²) in [6, 6.07) is 8.10. The first-order valence-corrected chi connectivity index (χ1v) is 9.50. The van der Waals surface area contributed by atoms with Gasteiger partial charge in [-0.3, -0.25) is 20.4 Å². The number of benzene rings is 1. The topological polar surface area (TPSA) is 107 Å². The third-order valence-corrected chi connectivity index (χ3v) is 4.12. The standard InChI is InChI=1S/C22H26N2O6/c1-14(2)11-12-29-17-7-5-16(6-8-17)21(26)24-23-20(25)10-9-18-13-19(15(3)30-18)22(27)28-4/h5-10,13-14H,11-12H2,1-4H3,(H,23,25)(H,24,26)/b10-9+. The number of hydrogen-bond donors (Lipinski definition) is 2. The number of ether oxygens (including phenoxy) is 2. The lowest BCUT2D eigenvalue weighted by atomic mass is 10.1. The molecule has 0 saturated heterocycles. The highest BCUT2D eigenvalue weighted by Crippen LogP contribution is 2.17. The average molecular weight is 414 g/mol. The van der Waals surface area contributed by atoms with Gasteiger partial charge in [-0.25, -0.2) is 4.79 Å². The number of hydrogen-bond acceptors (Lipinski definition) is 6. The van der Waals surface area contributed by atoms with Gasteiger partial charge in [-0.05, 0) is 55.7 Å². The SMILES string of the molecule is COC(=O)c1cc(/C=C/C(=O)NNC(=O)c2ccc(OCCC(C)C)cc2)oc1C. The van der Waals surface area contributed by atoms with Crippen molar-refractivity contribution in [1.29, 1.82) is 0 Å². The van der Waals surface area contributed by atoms with Crippen LogP contribution in [-0.4, -0.2) is 31.5 Å². The van der Waals surface area contributed by atoms with E-state index in [1.54, 1.807) is 31.2 Å². The molecule has 0 unspecified atom stereocenters. The summed E-state index contributed by atoms with van der Waals surface area (Å²) in [5, 5.41) is 0. The van der Waals surface area contributed by atoms with Gasteiger partial charge in [0.25, 0.3) is 11.8 Å². The molecular weight excluding hydrogens is 388 g/mol. The fourth-order valence-electron chi connectivity index (χ4n) is 2.40. The van der Waals surface area contributed by atoms with E-state index in [1.807, 2.05) is 0 Å². The maximum Gasteiger partial charge on any atom is 0.341 e. The molecule has 0 aliphatic heterocycles. The van der Waals surface area contributed by atoms with Gasteiger partial charge in [0.15, 0.2) is 0 Å². The van der Waals surface area contributed by atoms with Crippen molar-refractivity contribution in [1.82, 2.24) is 10.9 Å². The highest BCUT2D eigenvalue weighted by molar-refractivity contribution is 5.98. The Labute approximate surface area is 175 Å². The van der Waals surface area contributed by atoms with Crippen molar-refractivity contribution in [3.8, 4) is 5.75 Å². The van der Waals surface area contributed by atoms with E-state index < -0.39 is 17.8 Å². The molecule has 0 atom stereocenters. The lowest BCUT2D eigenvalue weighted by Gasteiger charge is -2.09. The Morgan fingerprint density at radius 2 is 1.83 bits per heavy atom. The third kappa shape index (κ3) is 6.80. The van der Waals surface area contributed by atoms with E-state index >= 15 is 0 Å². The number of nitrogens with one attached hydrogen (secondary N) is 2. The van der Waals surface area contributed by atoms with E-state index in [9.17, 15) is 14.4 Å². The molecule has 8 heteroatoms. The van der Waals surface area contributed by atoms with Crippen molar-refractivity contribution >= 4 is 23.9 Å². The van der Waals surface area contributed by atoms with Gasteiger partial charge in [-0.2, -0.15) is 0 Å². The molecule has 2 aromatic rings. The molecule has 0 saturated carbocycles. The van der Waals surface area contributed by atoms with Gasteiger partial charge in [0.05, 0.1) is 13.7 Å². The molecule has 160 valence electrons. The number of furan rings is 1. The second-order valence-corrected chi connectivity index (χ2v) is 6.94. The van der Waals surface area contributed by atoms with Crippen LogP contribution in [0.25, 0.3) is 6.08 Å². The van der Waals surface area contributed by atoms with Crippen molar-refractivity contribution in [3.05, 3.63) is 59.1 Å². The number of hydrazine groups is 1. The van der Waals surface area contributed by atoms with Crippen molar-refractivity contribution in [2.45, 2.75) is 27.2 Å². The first-order valence-electron chi connectivity index (χ1n) is 9.50. The Bertz CT molecular complexity index is 912. The first-order chi connectivity index (χ1) is 14.3. The summed E-state index contributed by atoms with van der Waals surface area (Å²) in [7, 11) is 1.27. The number of rotatable bonds is 8. The summed E-state index contributed by atoms with van der Waals surface area (Å²) in [5.41, 5.74) is 5.25. The van der Waals surface area contributed by atoms with Crippen LogP contribution >= 0.6 is 0 Å². The van der Waals surface area contributed by atoms with Crippen LogP contribution in [-0.2, 0) is 9.53 Å². The van der Waals surface area contributed by atoms with Gasteiger partial charge in [0, 0.05) is 11.6 Å². The van der Waals surface area contributed by atoms with Crippen LogP contribution < -0.4 is 15.6 Å². The molecule has 0 aliphatic carbocycles. The molecule has 8 nitrogen and oxygen atoms in total. The molecular formula is C22H26N2O6. The zero-order valence-electron chi connectivity index (χ0n) is 17.5. The molecule has 1 aromatic heterocycles. The lowest BCUT2D eigenvalue weighted by Crippen LogP contribution is -2.40. The molecule has 0 radical (unpaired) electrons. The molecule has 0 bridgehead atoms. The molecule has 2 N–H and O–H groups in total. The van der Waals surface area contributed by atoms with E-state index in [-0.39, 0.29) is 5.56 Å². The quantitative estimate of drug-likeness (QED) is 0.390. The van der Waals surface area contributed by atoms with Crippen LogP contribution in [0.15, 0.2) is 40.8 Å². The second-order valence-electron chi connectivity index (χ2n) is 6.94. The number of carbonyl (C=O) groups excluding carboxylic acids is 3. The minimum absolute atomic E-state index is 0.280. The highest BCUT2D eigenvalue weighted by Gasteiger charge is 2.14. The van der Waals surface area contributed by atoms with Gasteiger partial charge < -0.3 is 13.9 Å². The van der Waals surface area contributed by atoms with Crippen LogP contribution in [0, 0.1) is 12.8 Å². The molecule has 0 fully saturated rings. The average Bonchev–Trinajstić information content (AvgIpc) is 3.10. The molecule has 1 heterocycles. The van der Waals surface area contributed by atoms with Crippen molar-refractivity contribution in [2.24, 2.45) is 5.92 Å². The Morgan fingerprint density at radius 3 is 2.47 bits per heavy atom. The minimum atomic E-state index is -0.564. The molecule has 0 aliphatic rings. The van der Waals surface area contributed by atoms with Crippen molar-refractivity contribution < 1.29 is 28.3 Å². The molecule has 0 spiro atoms. The van der Waals surface area contributed by atoms with Crippen molar-refractivity contribution in [2.75, 3.05) is 13.7 Å². The number of carbonyl (C=O) groups is 3. The van der Waals surface area contributed by atoms with E-state index in [4.69, 9.17) is 9.15 Å². The zero-order chi connectivity index (χ0) is 22.1. The maximum absolute atomic E-state index is 12.1. The zero-order valence-corrected chi connectivity index (χ0v) is 17.5. The second kappa shape index (κ2) is 10.8. The van der Waals surface area contributed by atoms with Crippen LogP contribution in [0.3, 0.4) is 0 Å². The fourth-order valence-corrected chi connectivity index (χ4v) is 2.40. The van der Waals surface area contributed by atoms with E-state index in [2.05, 4.69) is 29.4 Å². The highest BCUT2D eigenvalue weighted by atomic mass is 16.5. The minimum Gasteiger partial charge on any atom is -0.494 e. The van der Waals surface area contributed by atoms with Crippen LogP contribution in [0.2, 0.25) is 0 Å². The lowest BCUT2D eigenvalue weighted by molar-refractivity contribution is -0.117. The van der Waals surface area contributed by atoms with Crippen molar-refractivity contribution in [3.63, 3.8) is 0 Å². The Kier molecular flexibility index (Phi) is 8.22. The van der Waals surface area contributed by atoms with Gasteiger partial charge in [0.2, 0.25) is 0 Å². The summed E-state index contributed by atoms with van der Waals surface area (Å²) in [6.45, 7) is 6.47. The monoisotopic (exact) mass is 414 g/mol. The van der Waals surface area contributed by atoms with Gasteiger partial charge >= 0.3 is 5.97 Å². The summed E-state index contributed by atoms with van der Waals surface area (Å²) < 4.78 is 15.6. The van der Waals surface area contributed by atoms with E-state index in [0.29, 0.717) is 35.4 Å². The van der Waals surface area contributed by atoms with Gasteiger partial charge in [0.1, 0.15) is 22.8 Å². The molecule has 30 heavy (non-hydrogen) atoms.